The Morgan fingerprint density at radius 3 is 2.85 bits per heavy atom. The second-order valence-corrected chi connectivity index (χ2v) is 4.41. The van der Waals surface area contributed by atoms with Gasteiger partial charge in [-0.1, -0.05) is 6.92 Å². The summed E-state index contributed by atoms with van der Waals surface area (Å²) in [5.74, 6) is 1.17. The summed E-state index contributed by atoms with van der Waals surface area (Å²) < 4.78 is 0. The van der Waals surface area contributed by atoms with E-state index in [1.54, 1.807) is 0 Å². The minimum atomic E-state index is -0.0894. The maximum atomic E-state index is 11.8. The molecule has 2 saturated carbocycles. The molecule has 2 nitrogen and oxygen atoms in total. The zero-order chi connectivity index (χ0) is 9.47. The van der Waals surface area contributed by atoms with Crippen LogP contribution in [0.2, 0.25) is 0 Å². The smallest absolute Gasteiger partial charge is 0.139 e. The van der Waals surface area contributed by atoms with Crippen molar-refractivity contribution in [2.45, 2.75) is 45.4 Å². The Kier molecular flexibility index (Phi) is 2.01. The van der Waals surface area contributed by atoms with E-state index in [0.29, 0.717) is 36.7 Å². The third-order valence-electron chi connectivity index (χ3n) is 4.01. The van der Waals surface area contributed by atoms with Crippen LogP contribution in [0.1, 0.15) is 45.4 Å². The third-order valence-corrected chi connectivity index (χ3v) is 4.01. The Labute approximate surface area is 78.7 Å². The van der Waals surface area contributed by atoms with Gasteiger partial charge in [0.05, 0.1) is 0 Å². The maximum Gasteiger partial charge on any atom is 0.139 e. The normalized spacial score (nSPS) is 39.3. The van der Waals surface area contributed by atoms with Gasteiger partial charge in [-0.15, -0.1) is 0 Å². The summed E-state index contributed by atoms with van der Waals surface area (Å²) in [5.41, 5.74) is -0.0894. The fraction of sp³-hybridized carbons (Fsp3) is 0.818. The fourth-order valence-electron chi connectivity index (χ4n) is 3.10. The molecule has 0 spiro atoms. The monoisotopic (exact) mass is 180 g/mol. The molecular formula is C11H16O2. The van der Waals surface area contributed by atoms with Gasteiger partial charge < -0.3 is 0 Å². The fourth-order valence-corrected chi connectivity index (χ4v) is 3.10. The van der Waals surface area contributed by atoms with Crippen LogP contribution in [-0.4, -0.2) is 11.6 Å². The summed E-state index contributed by atoms with van der Waals surface area (Å²) >= 11 is 0. The average Bonchev–Trinajstić information content (AvgIpc) is 2.44. The number of hydrogen-bond donors (Lipinski definition) is 0. The van der Waals surface area contributed by atoms with Gasteiger partial charge in [0.15, 0.2) is 0 Å². The molecule has 2 fully saturated rings. The predicted octanol–water partition coefficient (Wildman–Crippen LogP) is 2.11. The molecule has 0 aromatic rings. The Morgan fingerprint density at radius 1 is 1.38 bits per heavy atom. The van der Waals surface area contributed by atoms with Crippen molar-refractivity contribution in [2.75, 3.05) is 0 Å². The molecule has 0 saturated heterocycles. The molecule has 2 atom stereocenters. The van der Waals surface area contributed by atoms with Gasteiger partial charge in [0, 0.05) is 24.7 Å². The van der Waals surface area contributed by atoms with Crippen LogP contribution in [0.4, 0.5) is 0 Å². The molecule has 72 valence electrons. The van der Waals surface area contributed by atoms with E-state index >= 15 is 0 Å². The number of hydrogen-bond acceptors (Lipinski definition) is 2. The lowest BCUT2D eigenvalue weighted by atomic mass is 9.66. The summed E-state index contributed by atoms with van der Waals surface area (Å²) in [5, 5.41) is 0. The molecule has 2 rings (SSSR count). The van der Waals surface area contributed by atoms with Crippen molar-refractivity contribution < 1.29 is 9.59 Å². The van der Waals surface area contributed by atoms with Gasteiger partial charge in [-0.25, -0.2) is 0 Å². The van der Waals surface area contributed by atoms with E-state index in [1.165, 1.54) is 0 Å². The highest BCUT2D eigenvalue weighted by molar-refractivity contribution is 5.91. The Morgan fingerprint density at radius 2 is 2.15 bits per heavy atom. The summed E-state index contributed by atoms with van der Waals surface area (Å²) in [6, 6.07) is 0. The highest BCUT2D eigenvalue weighted by Gasteiger charge is 2.50. The van der Waals surface area contributed by atoms with E-state index in [1.807, 2.05) is 0 Å². The lowest BCUT2D eigenvalue weighted by Gasteiger charge is -2.36. The first-order valence-electron chi connectivity index (χ1n) is 5.24. The number of carbonyl (C=O) groups is 2. The van der Waals surface area contributed by atoms with Gasteiger partial charge in [-0.3, -0.25) is 9.59 Å². The molecule has 0 aliphatic heterocycles. The van der Waals surface area contributed by atoms with E-state index in [-0.39, 0.29) is 5.41 Å². The van der Waals surface area contributed by atoms with Gasteiger partial charge in [0.2, 0.25) is 0 Å². The van der Waals surface area contributed by atoms with Crippen LogP contribution in [0.15, 0.2) is 0 Å². The van der Waals surface area contributed by atoms with Crippen LogP contribution < -0.4 is 0 Å². The summed E-state index contributed by atoms with van der Waals surface area (Å²) in [7, 11) is 0. The van der Waals surface area contributed by atoms with E-state index in [4.69, 9.17) is 0 Å². The largest absolute Gasteiger partial charge is 0.300 e. The molecule has 2 aliphatic carbocycles. The molecular weight excluding hydrogens is 164 g/mol. The quantitative estimate of drug-likeness (QED) is 0.619. The van der Waals surface area contributed by atoms with Gasteiger partial charge in [0.1, 0.15) is 11.6 Å². The van der Waals surface area contributed by atoms with Crippen LogP contribution in [0, 0.1) is 11.3 Å². The van der Waals surface area contributed by atoms with E-state index in [9.17, 15) is 9.59 Å². The highest BCUT2D eigenvalue weighted by atomic mass is 16.1. The molecule has 0 heterocycles. The Hall–Kier alpha value is -0.660. The predicted molar refractivity (Wildman–Crippen MR) is 49.3 cm³/mol. The summed E-state index contributed by atoms with van der Waals surface area (Å²) in [6.45, 7) is 2.09. The van der Waals surface area contributed by atoms with Crippen molar-refractivity contribution >= 4 is 11.6 Å². The molecule has 0 aromatic heterocycles. The molecule has 2 aliphatic rings. The molecule has 0 aromatic carbocycles. The van der Waals surface area contributed by atoms with Crippen molar-refractivity contribution in [3.8, 4) is 0 Å². The SMILES string of the molecule is CC[C@]12CCC(=O)C[C@H]1CCC2=O. The number of carbonyl (C=O) groups excluding carboxylic acids is 2. The van der Waals surface area contributed by atoms with Crippen LogP contribution in [-0.2, 0) is 9.59 Å². The molecule has 0 unspecified atom stereocenters. The van der Waals surface area contributed by atoms with Crippen LogP contribution in [0.5, 0.6) is 0 Å². The minimum absolute atomic E-state index is 0.0894. The first-order valence-corrected chi connectivity index (χ1v) is 5.24. The highest BCUT2D eigenvalue weighted by Crippen LogP contribution is 2.51. The maximum absolute atomic E-state index is 11.8. The number of Topliss-reactive ketones (excluding diaryl/α,β-unsaturated/α-hetero) is 2. The van der Waals surface area contributed by atoms with Crippen molar-refractivity contribution in [3.05, 3.63) is 0 Å². The first kappa shape index (κ1) is 8.92. The Balaban J connectivity index is 2.27. The van der Waals surface area contributed by atoms with Crippen molar-refractivity contribution in [3.63, 3.8) is 0 Å². The van der Waals surface area contributed by atoms with Crippen molar-refractivity contribution in [1.29, 1.82) is 0 Å². The second-order valence-electron chi connectivity index (χ2n) is 4.41. The number of rotatable bonds is 1. The molecule has 0 radical (unpaired) electrons. The van der Waals surface area contributed by atoms with Gasteiger partial charge in [0.25, 0.3) is 0 Å². The van der Waals surface area contributed by atoms with Crippen molar-refractivity contribution in [2.24, 2.45) is 11.3 Å². The second kappa shape index (κ2) is 2.93. The molecule has 0 amide bonds. The molecule has 0 bridgehead atoms. The van der Waals surface area contributed by atoms with Crippen LogP contribution in [0.25, 0.3) is 0 Å². The van der Waals surface area contributed by atoms with Gasteiger partial charge in [-0.2, -0.15) is 0 Å². The Bertz CT molecular complexity index is 257. The van der Waals surface area contributed by atoms with E-state index in [0.717, 1.165) is 19.3 Å². The first-order chi connectivity index (χ1) is 6.19. The van der Waals surface area contributed by atoms with E-state index < -0.39 is 0 Å². The zero-order valence-corrected chi connectivity index (χ0v) is 8.14. The topological polar surface area (TPSA) is 34.1 Å². The molecule has 2 heteroatoms. The number of fused-ring (bicyclic) bond motifs is 1. The summed E-state index contributed by atoms with van der Waals surface area (Å²) in [6.07, 6.45) is 4.73. The molecule has 0 N–H and O–H groups in total. The van der Waals surface area contributed by atoms with Crippen molar-refractivity contribution in [1.82, 2.24) is 0 Å². The standard InChI is InChI=1S/C11H16O2/c1-2-11-6-5-9(12)7-8(11)3-4-10(11)13/h8H,2-7H2,1H3/t8-,11+/m1/s1. The molecule has 13 heavy (non-hydrogen) atoms. The minimum Gasteiger partial charge on any atom is -0.300 e. The number of ketones is 2. The van der Waals surface area contributed by atoms with Gasteiger partial charge >= 0.3 is 0 Å². The van der Waals surface area contributed by atoms with Crippen LogP contribution >= 0.6 is 0 Å². The lowest BCUT2D eigenvalue weighted by molar-refractivity contribution is -0.133. The summed E-state index contributed by atoms with van der Waals surface area (Å²) in [4.78, 5) is 23.0. The lowest BCUT2D eigenvalue weighted by Crippen LogP contribution is -2.37. The average molecular weight is 180 g/mol. The van der Waals surface area contributed by atoms with E-state index in [2.05, 4.69) is 6.92 Å². The third kappa shape index (κ3) is 1.15. The van der Waals surface area contributed by atoms with Crippen LogP contribution in [0.3, 0.4) is 0 Å². The zero-order valence-electron chi connectivity index (χ0n) is 8.14. The van der Waals surface area contributed by atoms with Gasteiger partial charge in [-0.05, 0) is 25.2 Å².